The molecule has 6 rings (SSSR count). The Bertz CT molecular complexity index is 1670. The number of pyridine rings is 1. The standard InChI is InChI=1S/C23H18N8O2S/c1-30-19-16(20-21(30)28-23(34-20)33-18-10-11-24-29-18)12-25-31(22(19)32)13-15-8-5-9-17(27-15)26-14-6-3-2-4-7-14/h2-12H,13H2,1H3,(H,24,29)(H,26,27). The van der Waals surface area contributed by atoms with Crippen molar-refractivity contribution in [3.05, 3.63) is 83.0 Å². The summed E-state index contributed by atoms with van der Waals surface area (Å²) in [6.45, 7) is 0.250. The molecule has 0 fully saturated rings. The van der Waals surface area contributed by atoms with Crippen LogP contribution in [0.5, 0.6) is 11.1 Å². The number of nitrogens with one attached hydrogen (secondary N) is 2. The first-order chi connectivity index (χ1) is 16.7. The number of aromatic nitrogens is 7. The minimum absolute atomic E-state index is 0.204. The van der Waals surface area contributed by atoms with Crippen LogP contribution < -0.4 is 15.6 Å². The summed E-state index contributed by atoms with van der Waals surface area (Å²) in [5.41, 5.74) is 2.66. The Hall–Kier alpha value is -4.51. The molecule has 0 bridgehead atoms. The van der Waals surface area contributed by atoms with Crippen LogP contribution in [0.1, 0.15) is 5.69 Å². The van der Waals surface area contributed by atoms with Crippen molar-refractivity contribution in [2.75, 3.05) is 5.32 Å². The van der Waals surface area contributed by atoms with Gasteiger partial charge >= 0.3 is 0 Å². The number of aryl methyl sites for hydroxylation is 1. The molecule has 5 aromatic heterocycles. The van der Waals surface area contributed by atoms with Crippen molar-refractivity contribution in [3.63, 3.8) is 0 Å². The zero-order chi connectivity index (χ0) is 23.1. The van der Waals surface area contributed by atoms with Crippen LogP contribution in [-0.2, 0) is 13.6 Å². The average Bonchev–Trinajstić information content (AvgIpc) is 3.56. The summed E-state index contributed by atoms with van der Waals surface area (Å²) in [6.07, 6.45) is 3.30. The van der Waals surface area contributed by atoms with Gasteiger partial charge in [0.2, 0.25) is 5.88 Å². The van der Waals surface area contributed by atoms with E-state index in [0.717, 1.165) is 21.5 Å². The number of ether oxygens (including phenoxy) is 1. The molecule has 0 aliphatic heterocycles. The summed E-state index contributed by atoms with van der Waals surface area (Å²) in [6, 6.07) is 17.2. The van der Waals surface area contributed by atoms with Gasteiger partial charge < -0.3 is 14.6 Å². The summed E-state index contributed by atoms with van der Waals surface area (Å²) in [7, 11) is 1.82. The van der Waals surface area contributed by atoms with Gasteiger partial charge in [-0.25, -0.2) is 14.8 Å². The van der Waals surface area contributed by atoms with Crippen molar-refractivity contribution in [2.45, 2.75) is 6.54 Å². The first-order valence-electron chi connectivity index (χ1n) is 10.5. The highest BCUT2D eigenvalue weighted by Gasteiger charge is 2.19. The van der Waals surface area contributed by atoms with E-state index < -0.39 is 0 Å². The number of anilines is 2. The SMILES string of the molecule is Cn1c2nc(Oc3ccn[nH]3)sc2c2cnn(Cc3cccc(Nc4ccccc4)n3)c(=O)c21. The zero-order valence-electron chi connectivity index (χ0n) is 18.0. The summed E-state index contributed by atoms with van der Waals surface area (Å²) in [5.74, 6) is 1.20. The van der Waals surface area contributed by atoms with Gasteiger partial charge in [-0.2, -0.15) is 15.2 Å². The van der Waals surface area contributed by atoms with Crippen molar-refractivity contribution < 1.29 is 4.74 Å². The molecular formula is C23H18N8O2S. The van der Waals surface area contributed by atoms with Gasteiger partial charge in [-0.15, -0.1) is 0 Å². The van der Waals surface area contributed by atoms with Gasteiger partial charge in [0.1, 0.15) is 11.3 Å². The number of fused-ring (bicyclic) bond motifs is 3. The van der Waals surface area contributed by atoms with Gasteiger partial charge in [0.05, 0.1) is 29.3 Å². The fourth-order valence-electron chi connectivity index (χ4n) is 3.78. The monoisotopic (exact) mass is 470 g/mol. The molecule has 10 nitrogen and oxygen atoms in total. The second kappa shape index (κ2) is 8.12. The number of thiazole rings is 1. The molecule has 11 heteroatoms. The number of benzene rings is 1. The van der Waals surface area contributed by atoms with Gasteiger partial charge in [-0.05, 0) is 24.3 Å². The third-order valence-electron chi connectivity index (χ3n) is 5.34. The minimum atomic E-state index is -0.204. The molecule has 0 saturated heterocycles. The third kappa shape index (κ3) is 3.57. The van der Waals surface area contributed by atoms with Gasteiger partial charge in [0, 0.05) is 24.2 Å². The molecule has 0 saturated carbocycles. The van der Waals surface area contributed by atoms with Crippen molar-refractivity contribution in [2.24, 2.45) is 7.05 Å². The van der Waals surface area contributed by atoms with E-state index in [-0.39, 0.29) is 12.1 Å². The number of hydrogen-bond donors (Lipinski definition) is 2. The summed E-state index contributed by atoms with van der Waals surface area (Å²) in [4.78, 5) is 22.5. The lowest BCUT2D eigenvalue weighted by molar-refractivity contribution is 0.459. The maximum Gasteiger partial charge on any atom is 0.291 e. The Kier molecular flexibility index (Phi) is 4.81. The number of aromatic amines is 1. The summed E-state index contributed by atoms with van der Waals surface area (Å²) in [5, 5.41) is 15.5. The lowest BCUT2D eigenvalue weighted by atomic mass is 10.3. The number of H-pyrrole nitrogens is 1. The van der Waals surface area contributed by atoms with Gasteiger partial charge in [-0.1, -0.05) is 35.6 Å². The topological polar surface area (TPSA) is 116 Å². The van der Waals surface area contributed by atoms with Crippen LogP contribution in [0.15, 0.2) is 71.8 Å². The average molecular weight is 471 g/mol. The van der Waals surface area contributed by atoms with Crippen molar-refractivity contribution >= 4 is 44.1 Å². The van der Waals surface area contributed by atoms with Crippen LogP contribution >= 0.6 is 11.3 Å². The fourth-order valence-corrected chi connectivity index (χ4v) is 4.75. The van der Waals surface area contributed by atoms with E-state index in [0.29, 0.717) is 28.1 Å². The number of nitrogens with zero attached hydrogens (tertiary/aromatic N) is 6. The van der Waals surface area contributed by atoms with Crippen LogP contribution in [0.25, 0.3) is 21.3 Å². The first kappa shape index (κ1) is 20.1. The molecule has 0 radical (unpaired) electrons. The number of hydrogen-bond acceptors (Lipinski definition) is 8. The van der Waals surface area contributed by atoms with Crippen molar-refractivity contribution in [1.82, 2.24) is 34.5 Å². The molecule has 0 atom stereocenters. The molecule has 34 heavy (non-hydrogen) atoms. The van der Waals surface area contributed by atoms with Crippen LogP contribution in [-0.4, -0.2) is 34.5 Å². The van der Waals surface area contributed by atoms with Gasteiger partial charge in [0.15, 0.2) is 5.65 Å². The lowest BCUT2D eigenvalue weighted by Crippen LogP contribution is -2.25. The maximum atomic E-state index is 13.3. The van der Waals surface area contributed by atoms with Crippen LogP contribution in [0.3, 0.4) is 0 Å². The van der Waals surface area contributed by atoms with Crippen LogP contribution in [0, 0.1) is 0 Å². The Labute approximate surface area is 196 Å². The minimum Gasteiger partial charge on any atom is -0.412 e. The predicted molar refractivity (Wildman–Crippen MR) is 130 cm³/mol. The molecule has 0 aliphatic rings. The number of para-hydroxylation sites is 1. The van der Waals surface area contributed by atoms with E-state index in [1.54, 1.807) is 23.0 Å². The lowest BCUT2D eigenvalue weighted by Gasteiger charge is -2.09. The molecule has 5 heterocycles. The largest absolute Gasteiger partial charge is 0.412 e. The second-order valence-electron chi connectivity index (χ2n) is 7.59. The molecule has 2 N–H and O–H groups in total. The predicted octanol–water partition coefficient (Wildman–Crippen LogP) is 4.05. The highest BCUT2D eigenvalue weighted by Crippen LogP contribution is 2.35. The van der Waals surface area contributed by atoms with E-state index in [4.69, 9.17) is 4.74 Å². The smallest absolute Gasteiger partial charge is 0.291 e. The van der Waals surface area contributed by atoms with Gasteiger partial charge in [0.25, 0.3) is 10.8 Å². The summed E-state index contributed by atoms with van der Waals surface area (Å²) >= 11 is 1.36. The highest BCUT2D eigenvalue weighted by atomic mass is 32.1. The maximum absolute atomic E-state index is 13.3. The van der Waals surface area contributed by atoms with Crippen LogP contribution in [0.4, 0.5) is 11.5 Å². The quantitative estimate of drug-likeness (QED) is 0.377. The molecule has 1 aromatic carbocycles. The fraction of sp³-hybridized carbons (Fsp3) is 0.0870. The van der Waals surface area contributed by atoms with E-state index in [1.165, 1.54) is 16.0 Å². The Balaban J connectivity index is 1.32. The zero-order valence-corrected chi connectivity index (χ0v) is 18.8. The molecule has 0 unspecified atom stereocenters. The van der Waals surface area contributed by atoms with E-state index in [9.17, 15) is 4.79 Å². The Morgan fingerprint density at radius 3 is 2.79 bits per heavy atom. The highest BCUT2D eigenvalue weighted by molar-refractivity contribution is 7.21. The number of rotatable bonds is 6. The Morgan fingerprint density at radius 1 is 1.09 bits per heavy atom. The Morgan fingerprint density at radius 2 is 1.97 bits per heavy atom. The molecule has 168 valence electrons. The first-order valence-corrected chi connectivity index (χ1v) is 11.3. The van der Waals surface area contributed by atoms with Crippen molar-refractivity contribution in [3.8, 4) is 11.1 Å². The summed E-state index contributed by atoms with van der Waals surface area (Å²) < 4.78 is 9.75. The van der Waals surface area contributed by atoms with E-state index in [1.807, 2.05) is 55.6 Å². The van der Waals surface area contributed by atoms with Crippen molar-refractivity contribution in [1.29, 1.82) is 0 Å². The molecule has 6 aromatic rings. The molecular weight excluding hydrogens is 452 g/mol. The third-order valence-corrected chi connectivity index (χ3v) is 6.30. The normalized spacial score (nSPS) is 11.3. The van der Waals surface area contributed by atoms with E-state index in [2.05, 4.69) is 30.6 Å². The van der Waals surface area contributed by atoms with Crippen LogP contribution in [0.2, 0.25) is 0 Å². The molecule has 0 amide bonds. The van der Waals surface area contributed by atoms with E-state index >= 15 is 0 Å². The molecule has 0 aliphatic carbocycles. The second-order valence-corrected chi connectivity index (χ2v) is 8.55. The molecule has 0 spiro atoms. The van der Waals surface area contributed by atoms with Gasteiger partial charge in [-0.3, -0.25) is 4.79 Å².